The van der Waals surface area contributed by atoms with Crippen LogP contribution in [0.3, 0.4) is 0 Å². The molecule has 5 amide bonds. The molecule has 0 aliphatic carbocycles. The summed E-state index contributed by atoms with van der Waals surface area (Å²) in [6, 6.07) is 25.7. The van der Waals surface area contributed by atoms with Gasteiger partial charge in [0.05, 0.1) is 18.2 Å². The van der Waals surface area contributed by atoms with E-state index in [-0.39, 0.29) is 51.6 Å². The van der Waals surface area contributed by atoms with Crippen LogP contribution in [0.5, 0.6) is 0 Å². The molecule has 2 atom stereocenters. The number of para-hydroxylation sites is 2. The Kier molecular flexibility index (Phi) is 14.0. The zero-order valence-corrected chi connectivity index (χ0v) is 36.1. The van der Waals surface area contributed by atoms with Crippen LogP contribution in [0.15, 0.2) is 109 Å². The number of piperazine rings is 1. The molecule has 65 heavy (non-hydrogen) atoms. The third kappa shape index (κ3) is 9.39. The van der Waals surface area contributed by atoms with Gasteiger partial charge < -0.3 is 29.2 Å². The number of ether oxygens (including phenoxy) is 1. The summed E-state index contributed by atoms with van der Waals surface area (Å²) in [5.41, 5.74) is -3.51. The van der Waals surface area contributed by atoms with E-state index in [1.54, 1.807) is 68.4 Å². The minimum Gasteiger partial charge on any atom is -0.467 e. The summed E-state index contributed by atoms with van der Waals surface area (Å²) in [6.45, 7) is 3.32. The van der Waals surface area contributed by atoms with Gasteiger partial charge in [-0.2, -0.15) is 26.3 Å². The van der Waals surface area contributed by atoms with E-state index in [2.05, 4.69) is 0 Å². The maximum absolute atomic E-state index is 13.7. The highest BCUT2D eigenvalue weighted by atomic mass is 35.5. The van der Waals surface area contributed by atoms with Crippen molar-refractivity contribution in [3.63, 3.8) is 0 Å². The fraction of sp³-hybridized carbons (Fsp3) is 0.348. The van der Waals surface area contributed by atoms with E-state index in [0.717, 1.165) is 36.3 Å². The first-order chi connectivity index (χ1) is 30.7. The Morgan fingerprint density at radius 3 is 1.63 bits per heavy atom. The predicted octanol–water partition coefficient (Wildman–Crippen LogP) is 7.08. The number of benzene rings is 4. The summed E-state index contributed by atoms with van der Waals surface area (Å²) in [5, 5.41) is 0. The Balaban J connectivity index is 0.000000216. The Morgan fingerprint density at radius 1 is 0.692 bits per heavy atom. The van der Waals surface area contributed by atoms with Crippen LogP contribution in [-0.2, 0) is 58.9 Å². The van der Waals surface area contributed by atoms with Crippen molar-refractivity contribution in [1.82, 2.24) is 14.7 Å². The minimum absolute atomic E-state index is 0.0589. The maximum Gasteiger partial charge on any atom is 0.416 e. The van der Waals surface area contributed by atoms with Crippen molar-refractivity contribution >= 4 is 58.5 Å². The van der Waals surface area contributed by atoms with Crippen molar-refractivity contribution in [1.29, 1.82) is 0 Å². The lowest BCUT2D eigenvalue weighted by molar-refractivity contribution is -0.170. The first kappa shape index (κ1) is 48.0. The molecule has 7 rings (SSSR count). The SMILES string of the molecule is CC(C)N1CC(=O)N(Cc2ccc(C(F)(F)F)cc2)C2(CCN(c3ccccc3)C2=O)C1=O.COC(=O)C1(N(Cc2ccc(C(F)(F)F)cc2)C(=O)CCl)CCN(c2ccccc2)C1=O. The number of methoxy groups -OCH3 is 1. The molecular formula is C46H44ClF6N5O7. The molecule has 4 aromatic rings. The molecule has 344 valence electrons. The van der Waals surface area contributed by atoms with Crippen LogP contribution < -0.4 is 9.80 Å². The molecule has 0 radical (unpaired) electrons. The smallest absolute Gasteiger partial charge is 0.416 e. The lowest BCUT2D eigenvalue weighted by atomic mass is 9.88. The van der Waals surface area contributed by atoms with Crippen LogP contribution in [0.25, 0.3) is 0 Å². The first-order valence-corrected chi connectivity index (χ1v) is 20.9. The minimum atomic E-state index is -4.52. The first-order valence-electron chi connectivity index (χ1n) is 20.3. The van der Waals surface area contributed by atoms with Crippen molar-refractivity contribution in [2.45, 2.75) is 69.3 Å². The number of halogens is 7. The monoisotopic (exact) mass is 927 g/mol. The Morgan fingerprint density at radius 2 is 1.17 bits per heavy atom. The van der Waals surface area contributed by atoms with E-state index in [1.165, 1.54) is 43.9 Å². The highest BCUT2D eigenvalue weighted by Crippen LogP contribution is 2.40. The molecule has 3 aliphatic rings. The van der Waals surface area contributed by atoms with Crippen molar-refractivity contribution < 1.29 is 59.8 Å². The van der Waals surface area contributed by atoms with Crippen LogP contribution in [-0.4, -0.2) is 99.9 Å². The van der Waals surface area contributed by atoms with Crippen molar-refractivity contribution in [2.75, 3.05) is 42.4 Å². The number of hydrogen-bond acceptors (Lipinski definition) is 7. The summed E-state index contributed by atoms with van der Waals surface area (Å²) < 4.78 is 82.4. The zero-order valence-electron chi connectivity index (χ0n) is 35.4. The average molecular weight is 928 g/mol. The Hall–Kier alpha value is -6.43. The van der Waals surface area contributed by atoms with Gasteiger partial charge in [0.25, 0.3) is 17.7 Å². The van der Waals surface area contributed by atoms with E-state index in [4.69, 9.17) is 16.3 Å². The zero-order chi connectivity index (χ0) is 47.5. The Bertz CT molecular complexity index is 2410. The largest absolute Gasteiger partial charge is 0.467 e. The van der Waals surface area contributed by atoms with Crippen LogP contribution in [0.1, 0.15) is 48.9 Å². The molecular weight excluding hydrogens is 884 g/mol. The molecule has 19 heteroatoms. The van der Waals surface area contributed by atoms with Gasteiger partial charge in [-0.05, 0) is 73.5 Å². The normalized spacial score (nSPS) is 20.1. The number of anilines is 2. The highest BCUT2D eigenvalue weighted by Gasteiger charge is 2.63. The summed E-state index contributed by atoms with van der Waals surface area (Å²) >= 11 is 5.77. The molecule has 0 saturated carbocycles. The van der Waals surface area contributed by atoms with E-state index in [1.807, 2.05) is 6.07 Å². The standard InChI is InChI=1S/C24H24F3N3O3.C22H20ClF3N2O4/c1-16(2)29-15-20(31)30(14-17-8-10-18(11-9-17)24(25,26)27)23(22(29)33)12-13-28(21(23)32)19-6-4-3-5-7-19;1-32-20(31)21(11-12-27(19(21)30)17-5-3-2-4-6-17)28(18(29)13-23)14-15-7-9-16(10-8-15)22(24,25)26/h3-11,16H,12-15H2,1-2H3;2-10H,11-14H2,1H3. The van der Waals surface area contributed by atoms with Gasteiger partial charge in [-0.3, -0.25) is 24.0 Å². The second kappa shape index (κ2) is 19.0. The van der Waals surface area contributed by atoms with Crippen LogP contribution in [0.4, 0.5) is 37.7 Å². The molecule has 0 aromatic heterocycles. The molecule has 1 spiro atoms. The summed E-state index contributed by atoms with van der Waals surface area (Å²) in [5.74, 6) is -4.21. The van der Waals surface area contributed by atoms with E-state index in [0.29, 0.717) is 22.5 Å². The van der Waals surface area contributed by atoms with Crippen LogP contribution in [0.2, 0.25) is 0 Å². The molecule has 0 N–H and O–H groups in total. The summed E-state index contributed by atoms with van der Waals surface area (Å²) in [6.07, 6.45) is -8.95. The van der Waals surface area contributed by atoms with Crippen molar-refractivity contribution in [2.24, 2.45) is 0 Å². The number of esters is 1. The van der Waals surface area contributed by atoms with Crippen molar-refractivity contribution in [3.8, 4) is 0 Å². The number of rotatable bonds is 10. The van der Waals surface area contributed by atoms with Gasteiger partial charge >= 0.3 is 18.3 Å². The van der Waals surface area contributed by atoms with Crippen LogP contribution >= 0.6 is 11.6 Å². The third-order valence-electron chi connectivity index (χ3n) is 11.7. The number of carbonyl (C=O) groups excluding carboxylic acids is 6. The van der Waals surface area contributed by atoms with E-state index in [9.17, 15) is 55.1 Å². The number of amides is 5. The van der Waals surface area contributed by atoms with E-state index >= 15 is 0 Å². The molecule has 3 heterocycles. The van der Waals surface area contributed by atoms with Gasteiger partial charge in [0.1, 0.15) is 12.4 Å². The number of alkyl halides is 7. The van der Waals surface area contributed by atoms with Gasteiger partial charge in [-0.15, -0.1) is 11.6 Å². The fourth-order valence-corrected chi connectivity index (χ4v) is 8.41. The summed E-state index contributed by atoms with van der Waals surface area (Å²) in [7, 11) is 1.10. The molecule has 3 saturated heterocycles. The maximum atomic E-state index is 13.7. The fourth-order valence-electron chi connectivity index (χ4n) is 8.27. The second-order valence-corrected chi connectivity index (χ2v) is 16.1. The number of nitrogens with zero attached hydrogens (tertiary/aromatic N) is 5. The Labute approximate surface area is 375 Å². The predicted molar refractivity (Wildman–Crippen MR) is 226 cm³/mol. The van der Waals surface area contributed by atoms with E-state index < -0.39 is 75.9 Å². The third-order valence-corrected chi connectivity index (χ3v) is 11.9. The molecule has 0 bridgehead atoms. The molecule has 3 aliphatic heterocycles. The molecule has 3 fully saturated rings. The number of hydrogen-bond donors (Lipinski definition) is 0. The van der Waals surface area contributed by atoms with Gasteiger partial charge in [0.2, 0.25) is 22.9 Å². The lowest BCUT2D eigenvalue weighted by Crippen LogP contribution is -2.71. The van der Waals surface area contributed by atoms with Gasteiger partial charge in [-0.1, -0.05) is 60.7 Å². The topological polar surface area (TPSA) is 128 Å². The van der Waals surface area contributed by atoms with Gasteiger partial charge in [0.15, 0.2) is 0 Å². The highest BCUT2D eigenvalue weighted by molar-refractivity contribution is 6.28. The summed E-state index contributed by atoms with van der Waals surface area (Å²) in [4.78, 5) is 86.3. The van der Waals surface area contributed by atoms with Crippen molar-refractivity contribution in [3.05, 3.63) is 131 Å². The quantitative estimate of drug-likeness (QED) is 0.0720. The lowest BCUT2D eigenvalue weighted by Gasteiger charge is -2.47. The number of carbonyl (C=O) groups is 6. The molecule has 12 nitrogen and oxygen atoms in total. The molecule has 2 unspecified atom stereocenters. The average Bonchev–Trinajstić information content (AvgIpc) is 3.82. The van der Waals surface area contributed by atoms with Gasteiger partial charge in [0, 0.05) is 56.4 Å². The van der Waals surface area contributed by atoms with Crippen LogP contribution in [0, 0.1) is 0 Å². The molecule has 4 aromatic carbocycles. The second-order valence-electron chi connectivity index (χ2n) is 15.8. The van der Waals surface area contributed by atoms with Gasteiger partial charge in [-0.25, -0.2) is 4.79 Å².